The lowest BCUT2D eigenvalue weighted by atomic mass is 10.1. The fourth-order valence-electron chi connectivity index (χ4n) is 2.74. The fraction of sp³-hybridized carbons (Fsp3) is 0.467. The fourth-order valence-corrected chi connectivity index (χ4v) is 4.80. The second-order valence-corrected chi connectivity index (χ2v) is 8.00. The Labute approximate surface area is 137 Å². The molecule has 2 nitrogen and oxygen atoms in total. The molecule has 0 radical (unpaired) electrons. The highest BCUT2D eigenvalue weighted by atomic mass is 79.9. The van der Waals surface area contributed by atoms with Crippen molar-refractivity contribution in [3.8, 4) is 0 Å². The second-order valence-electron chi connectivity index (χ2n) is 5.19. The Morgan fingerprint density at radius 2 is 2.10 bits per heavy atom. The molecule has 0 saturated carbocycles. The number of aryl methyl sites for hydroxylation is 1. The first-order valence-corrected chi connectivity index (χ1v) is 9.02. The van der Waals surface area contributed by atoms with Crippen LogP contribution in [0.15, 0.2) is 22.0 Å². The molecule has 0 unspecified atom stereocenters. The molecule has 1 aliphatic heterocycles. The number of nitrogens with zero attached hydrogens (tertiary/aromatic N) is 1. The quantitative estimate of drug-likeness (QED) is 0.866. The molecule has 0 aliphatic carbocycles. The Balaban J connectivity index is 1.67. The van der Waals surface area contributed by atoms with E-state index >= 15 is 0 Å². The third kappa shape index (κ3) is 3.37. The highest BCUT2D eigenvalue weighted by molar-refractivity contribution is 9.11. The first kappa shape index (κ1) is 14.8. The van der Waals surface area contributed by atoms with Gasteiger partial charge >= 0.3 is 0 Å². The number of piperazine rings is 1. The monoisotopic (exact) mass is 372 g/mol. The summed E-state index contributed by atoms with van der Waals surface area (Å²) in [7, 11) is 0. The number of nitrogens with one attached hydrogen (secondary N) is 1. The van der Waals surface area contributed by atoms with Crippen molar-refractivity contribution < 1.29 is 0 Å². The topological polar surface area (TPSA) is 15.3 Å². The van der Waals surface area contributed by atoms with E-state index in [-0.39, 0.29) is 0 Å². The third-order valence-corrected chi connectivity index (χ3v) is 6.02. The molecule has 1 fully saturated rings. The molecule has 1 aliphatic rings. The number of thiophene rings is 1. The molecule has 108 valence electrons. The van der Waals surface area contributed by atoms with Crippen LogP contribution >= 0.6 is 38.9 Å². The summed E-state index contributed by atoms with van der Waals surface area (Å²) < 4.78 is 2.58. The van der Waals surface area contributed by atoms with Crippen LogP contribution in [0.3, 0.4) is 0 Å². The molecule has 20 heavy (non-hydrogen) atoms. The third-order valence-electron chi connectivity index (χ3n) is 3.81. The van der Waals surface area contributed by atoms with Gasteiger partial charge in [-0.05, 0) is 64.5 Å². The molecule has 1 aromatic heterocycles. The van der Waals surface area contributed by atoms with E-state index in [2.05, 4.69) is 38.3 Å². The highest BCUT2D eigenvalue weighted by Gasteiger charge is 2.12. The summed E-state index contributed by atoms with van der Waals surface area (Å²) >= 11 is 11.6. The molecule has 1 aromatic carbocycles. The molecular formula is C15H18BrClN2S. The summed E-state index contributed by atoms with van der Waals surface area (Å²) in [6.07, 6.45) is 2.32. The minimum atomic E-state index is 0.825. The SMILES string of the molecule is Clc1ccc2sc(Br)c(CCCN3CCNCC3)c2c1. The number of hydrogen-bond donors (Lipinski definition) is 1. The van der Waals surface area contributed by atoms with E-state index in [0.717, 1.165) is 24.5 Å². The molecule has 1 N–H and O–H groups in total. The van der Waals surface area contributed by atoms with Gasteiger partial charge in [-0.25, -0.2) is 0 Å². The Hall–Kier alpha value is -0.130. The van der Waals surface area contributed by atoms with Crippen LogP contribution in [0.1, 0.15) is 12.0 Å². The Morgan fingerprint density at radius 1 is 1.30 bits per heavy atom. The van der Waals surface area contributed by atoms with Crippen LogP contribution < -0.4 is 5.32 Å². The van der Waals surface area contributed by atoms with Gasteiger partial charge in [0.05, 0.1) is 3.79 Å². The summed E-state index contributed by atoms with van der Waals surface area (Å²) in [6.45, 7) is 5.79. The van der Waals surface area contributed by atoms with Crippen LogP contribution in [-0.2, 0) is 6.42 Å². The van der Waals surface area contributed by atoms with Crippen molar-refractivity contribution in [3.63, 3.8) is 0 Å². The van der Waals surface area contributed by atoms with Crippen molar-refractivity contribution in [2.45, 2.75) is 12.8 Å². The number of benzene rings is 1. The van der Waals surface area contributed by atoms with Gasteiger partial charge in [0.15, 0.2) is 0 Å². The van der Waals surface area contributed by atoms with Crippen molar-refractivity contribution in [1.82, 2.24) is 10.2 Å². The van der Waals surface area contributed by atoms with E-state index in [9.17, 15) is 0 Å². The van der Waals surface area contributed by atoms with E-state index in [1.165, 1.54) is 45.5 Å². The Kier molecular flexibility index (Phi) is 5.00. The Bertz CT molecular complexity index is 593. The van der Waals surface area contributed by atoms with Crippen LogP contribution in [0.4, 0.5) is 0 Å². The largest absolute Gasteiger partial charge is 0.314 e. The van der Waals surface area contributed by atoms with Crippen molar-refractivity contribution in [2.75, 3.05) is 32.7 Å². The average Bonchev–Trinajstić information content (AvgIpc) is 2.76. The number of halogens is 2. The summed E-state index contributed by atoms with van der Waals surface area (Å²) in [6, 6.07) is 6.18. The Morgan fingerprint density at radius 3 is 2.90 bits per heavy atom. The van der Waals surface area contributed by atoms with Crippen LogP contribution in [0.5, 0.6) is 0 Å². The van der Waals surface area contributed by atoms with Crippen molar-refractivity contribution in [3.05, 3.63) is 32.6 Å². The van der Waals surface area contributed by atoms with Crippen LogP contribution in [0.2, 0.25) is 5.02 Å². The maximum Gasteiger partial charge on any atom is 0.0743 e. The lowest BCUT2D eigenvalue weighted by molar-refractivity contribution is 0.238. The number of hydrogen-bond acceptors (Lipinski definition) is 3. The molecule has 3 rings (SSSR count). The molecule has 0 spiro atoms. The summed E-state index contributed by atoms with van der Waals surface area (Å²) in [5.41, 5.74) is 1.42. The maximum atomic E-state index is 6.13. The summed E-state index contributed by atoms with van der Waals surface area (Å²) in [5.74, 6) is 0. The molecule has 0 bridgehead atoms. The van der Waals surface area contributed by atoms with E-state index in [1.807, 2.05) is 17.4 Å². The molecule has 2 aromatic rings. The van der Waals surface area contributed by atoms with Crippen LogP contribution in [0.25, 0.3) is 10.1 Å². The van der Waals surface area contributed by atoms with E-state index in [1.54, 1.807) is 0 Å². The van der Waals surface area contributed by atoms with Crippen LogP contribution in [0, 0.1) is 0 Å². The zero-order valence-corrected chi connectivity index (χ0v) is 14.5. The molecule has 1 saturated heterocycles. The van der Waals surface area contributed by atoms with Gasteiger partial charge in [-0.3, -0.25) is 0 Å². The van der Waals surface area contributed by atoms with Crippen molar-refractivity contribution in [2.24, 2.45) is 0 Å². The molecular weight excluding hydrogens is 356 g/mol. The van der Waals surface area contributed by atoms with E-state index < -0.39 is 0 Å². The standard InChI is InChI=1S/C15H18BrClN2S/c16-15-12(2-1-7-19-8-5-18-6-9-19)13-10-11(17)3-4-14(13)20-15/h3-4,10,18H,1-2,5-9H2. The lowest BCUT2D eigenvalue weighted by Gasteiger charge is -2.27. The summed E-state index contributed by atoms with van der Waals surface area (Å²) in [5, 5.41) is 5.54. The minimum absolute atomic E-state index is 0.825. The van der Waals surface area contributed by atoms with Gasteiger partial charge < -0.3 is 10.2 Å². The van der Waals surface area contributed by atoms with Gasteiger partial charge in [-0.2, -0.15) is 0 Å². The van der Waals surface area contributed by atoms with Gasteiger partial charge in [0.25, 0.3) is 0 Å². The first-order chi connectivity index (χ1) is 9.74. The van der Waals surface area contributed by atoms with Gasteiger partial charge in [0.2, 0.25) is 0 Å². The second kappa shape index (κ2) is 6.75. The van der Waals surface area contributed by atoms with Crippen molar-refractivity contribution in [1.29, 1.82) is 0 Å². The predicted molar refractivity (Wildman–Crippen MR) is 92.2 cm³/mol. The summed E-state index contributed by atoms with van der Waals surface area (Å²) in [4.78, 5) is 2.55. The van der Waals surface area contributed by atoms with Crippen LogP contribution in [-0.4, -0.2) is 37.6 Å². The van der Waals surface area contributed by atoms with E-state index in [4.69, 9.17) is 11.6 Å². The zero-order chi connectivity index (χ0) is 13.9. The molecule has 0 atom stereocenters. The molecule has 0 amide bonds. The number of rotatable bonds is 4. The molecule has 2 heterocycles. The smallest absolute Gasteiger partial charge is 0.0743 e. The minimum Gasteiger partial charge on any atom is -0.314 e. The van der Waals surface area contributed by atoms with E-state index in [0.29, 0.717) is 0 Å². The maximum absolute atomic E-state index is 6.13. The number of fused-ring (bicyclic) bond motifs is 1. The van der Waals surface area contributed by atoms with Crippen molar-refractivity contribution >= 4 is 49.0 Å². The first-order valence-electron chi connectivity index (χ1n) is 7.03. The van der Waals surface area contributed by atoms with Gasteiger partial charge in [0.1, 0.15) is 0 Å². The van der Waals surface area contributed by atoms with Gasteiger partial charge in [-0.1, -0.05) is 11.6 Å². The average molecular weight is 374 g/mol. The van der Waals surface area contributed by atoms with Gasteiger partial charge in [0, 0.05) is 35.9 Å². The lowest BCUT2D eigenvalue weighted by Crippen LogP contribution is -2.43. The van der Waals surface area contributed by atoms with Gasteiger partial charge in [-0.15, -0.1) is 11.3 Å². The predicted octanol–water partition coefficient (Wildman–Crippen LogP) is 4.16. The normalized spacial score (nSPS) is 16.9. The molecule has 5 heteroatoms. The zero-order valence-electron chi connectivity index (χ0n) is 11.3. The highest BCUT2D eigenvalue weighted by Crippen LogP contribution is 2.37.